The second kappa shape index (κ2) is 55.6. The van der Waals surface area contributed by atoms with E-state index < -0.39 is 6.10 Å². The lowest BCUT2D eigenvalue weighted by Gasteiger charge is -2.18. The third-order valence-corrected chi connectivity index (χ3v) is 10.7. The van der Waals surface area contributed by atoms with Crippen molar-refractivity contribution in [1.29, 1.82) is 0 Å². The molecule has 0 N–H and O–H groups in total. The Bertz CT molecular complexity index is 1610. The molecule has 6 nitrogen and oxygen atoms in total. The normalized spacial score (nSPS) is 13.4. The van der Waals surface area contributed by atoms with Gasteiger partial charge in [-0.25, -0.2) is 0 Å². The number of hydrogen-bond donors (Lipinski definition) is 0. The molecule has 0 saturated carbocycles. The summed E-state index contributed by atoms with van der Waals surface area (Å²) in [4.78, 5) is 38.1. The topological polar surface area (TPSA) is 78.9 Å². The van der Waals surface area contributed by atoms with E-state index in [9.17, 15) is 14.4 Å². The maximum Gasteiger partial charge on any atom is 0.306 e. The van der Waals surface area contributed by atoms with Gasteiger partial charge in [0.05, 0.1) is 0 Å². The Morgan fingerprint density at radius 3 is 1.13 bits per heavy atom. The first-order valence-electron chi connectivity index (χ1n) is 27.1. The van der Waals surface area contributed by atoms with Gasteiger partial charge in [-0.15, -0.1) is 0 Å². The zero-order valence-electron chi connectivity index (χ0n) is 43.8. The van der Waals surface area contributed by atoms with Gasteiger partial charge in [-0.05, 0) is 103 Å². The fourth-order valence-corrected chi connectivity index (χ4v) is 6.69. The average molecular weight is 949 g/mol. The molecule has 1 unspecified atom stereocenters. The van der Waals surface area contributed by atoms with E-state index in [1.54, 1.807) is 0 Å². The molecule has 0 saturated heterocycles. The first kappa shape index (κ1) is 64.0. The lowest BCUT2D eigenvalue weighted by molar-refractivity contribution is -0.167. The van der Waals surface area contributed by atoms with E-state index in [-0.39, 0.29) is 44.0 Å². The van der Waals surface area contributed by atoms with Crippen LogP contribution in [0.2, 0.25) is 0 Å². The van der Waals surface area contributed by atoms with E-state index in [1.165, 1.54) is 64.2 Å². The van der Waals surface area contributed by atoms with Crippen molar-refractivity contribution in [2.75, 3.05) is 13.2 Å². The van der Waals surface area contributed by atoms with Gasteiger partial charge in [-0.2, -0.15) is 0 Å². The van der Waals surface area contributed by atoms with Crippen LogP contribution in [0.25, 0.3) is 0 Å². The summed E-state index contributed by atoms with van der Waals surface area (Å²) in [6.45, 7) is 6.25. The van der Waals surface area contributed by atoms with Crippen molar-refractivity contribution in [1.82, 2.24) is 0 Å². The first-order chi connectivity index (χ1) is 34.0. The van der Waals surface area contributed by atoms with Crippen LogP contribution in [0, 0.1) is 0 Å². The van der Waals surface area contributed by atoms with Crippen LogP contribution in [-0.2, 0) is 28.6 Å². The highest BCUT2D eigenvalue weighted by Crippen LogP contribution is 2.13. The SMILES string of the molecule is CC\C=C/C=C\C=C/C=C\C=C\C=C/C=C\CCCCCC(=O)OCC(COC(=O)CCCCCCCCC/C=C\CCCCCC)OC(=O)CCC/C=C\C/C=C\C/C=C\C/C=C\C/C=C\CC. The molecule has 384 valence electrons. The smallest absolute Gasteiger partial charge is 0.306 e. The van der Waals surface area contributed by atoms with Crippen LogP contribution in [0.1, 0.15) is 201 Å². The molecule has 0 aliphatic carbocycles. The van der Waals surface area contributed by atoms with Crippen molar-refractivity contribution >= 4 is 17.9 Å². The van der Waals surface area contributed by atoms with E-state index in [0.29, 0.717) is 19.3 Å². The third kappa shape index (κ3) is 53.8. The maximum absolute atomic E-state index is 12.8. The second-order valence-corrected chi connectivity index (χ2v) is 17.2. The molecule has 0 radical (unpaired) electrons. The van der Waals surface area contributed by atoms with Crippen LogP contribution in [0.15, 0.2) is 158 Å². The molecule has 0 amide bonds. The monoisotopic (exact) mass is 949 g/mol. The van der Waals surface area contributed by atoms with Gasteiger partial charge < -0.3 is 14.2 Å². The highest BCUT2D eigenvalue weighted by Gasteiger charge is 2.19. The number of rotatable bonds is 46. The Labute approximate surface area is 422 Å². The van der Waals surface area contributed by atoms with E-state index in [1.807, 2.05) is 72.9 Å². The molecule has 0 aromatic rings. The summed E-state index contributed by atoms with van der Waals surface area (Å²) in [6.07, 6.45) is 80.8. The number of unbranched alkanes of at least 4 members (excludes halogenated alkanes) is 15. The number of ether oxygens (including phenoxy) is 3. The highest BCUT2D eigenvalue weighted by atomic mass is 16.6. The summed E-state index contributed by atoms with van der Waals surface area (Å²) in [6, 6.07) is 0. The van der Waals surface area contributed by atoms with Crippen molar-refractivity contribution in [2.24, 2.45) is 0 Å². The Kier molecular flexibility index (Phi) is 51.6. The van der Waals surface area contributed by atoms with E-state index >= 15 is 0 Å². The lowest BCUT2D eigenvalue weighted by atomic mass is 10.1. The van der Waals surface area contributed by atoms with Crippen molar-refractivity contribution in [3.05, 3.63) is 158 Å². The zero-order chi connectivity index (χ0) is 50.0. The molecule has 0 aromatic carbocycles. The van der Waals surface area contributed by atoms with Crippen LogP contribution >= 0.6 is 0 Å². The van der Waals surface area contributed by atoms with Gasteiger partial charge in [-0.1, -0.05) is 237 Å². The molecule has 0 spiro atoms. The van der Waals surface area contributed by atoms with Crippen LogP contribution in [0.4, 0.5) is 0 Å². The van der Waals surface area contributed by atoms with Gasteiger partial charge in [0.15, 0.2) is 6.10 Å². The summed E-state index contributed by atoms with van der Waals surface area (Å²) in [7, 11) is 0. The molecule has 0 fully saturated rings. The van der Waals surface area contributed by atoms with Crippen molar-refractivity contribution in [3.8, 4) is 0 Å². The molecular weight excluding hydrogens is 853 g/mol. The van der Waals surface area contributed by atoms with Crippen molar-refractivity contribution in [3.63, 3.8) is 0 Å². The van der Waals surface area contributed by atoms with Crippen LogP contribution in [-0.4, -0.2) is 37.2 Å². The van der Waals surface area contributed by atoms with Gasteiger partial charge in [0, 0.05) is 19.3 Å². The predicted octanol–water partition coefficient (Wildman–Crippen LogP) is 18.2. The first-order valence-corrected chi connectivity index (χ1v) is 27.1. The molecule has 0 heterocycles. The summed E-state index contributed by atoms with van der Waals surface area (Å²) in [5.74, 6) is -1.05. The number of carbonyl (C=O) groups excluding carboxylic acids is 3. The summed E-state index contributed by atoms with van der Waals surface area (Å²) in [5, 5.41) is 0. The van der Waals surface area contributed by atoms with Crippen LogP contribution < -0.4 is 0 Å². The molecule has 0 aromatic heterocycles. The molecule has 69 heavy (non-hydrogen) atoms. The molecule has 0 rings (SSSR count). The Balaban J connectivity index is 4.63. The van der Waals surface area contributed by atoms with Crippen molar-refractivity contribution in [2.45, 2.75) is 207 Å². The molecule has 1 atom stereocenters. The van der Waals surface area contributed by atoms with Gasteiger partial charge in [0.1, 0.15) is 13.2 Å². The Morgan fingerprint density at radius 2 is 0.652 bits per heavy atom. The molecular formula is C63H96O6. The minimum atomic E-state index is -0.837. The number of carbonyl (C=O) groups is 3. The molecule has 0 aliphatic heterocycles. The van der Waals surface area contributed by atoms with E-state index in [2.05, 4.69) is 106 Å². The molecule has 0 bridgehead atoms. The maximum atomic E-state index is 12.8. The summed E-state index contributed by atoms with van der Waals surface area (Å²) in [5.41, 5.74) is 0. The quantitative estimate of drug-likeness (QED) is 0.0199. The third-order valence-electron chi connectivity index (χ3n) is 10.7. The van der Waals surface area contributed by atoms with E-state index in [0.717, 1.165) is 83.5 Å². The minimum Gasteiger partial charge on any atom is -0.462 e. The van der Waals surface area contributed by atoms with Gasteiger partial charge >= 0.3 is 17.9 Å². The Hall–Kier alpha value is -4.97. The lowest BCUT2D eigenvalue weighted by Crippen LogP contribution is -2.30. The fourth-order valence-electron chi connectivity index (χ4n) is 6.69. The van der Waals surface area contributed by atoms with Gasteiger partial charge in [-0.3, -0.25) is 14.4 Å². The number of hydrogen-bond acceptors (Lipinski definition) is 6. The van der Waals surface area contributed by atoms with Crippen molar-refractivity contribution < 1.29 is 28.6 Å². The van der Waals surface area contributed by atoms with Crippen LogP contribution in [0.5, 0.6) is 0 Å². The average Bonchev–Trinajstić information content (AvgIpc) is 3.35. The predicted molar refractivity (Wildman–Crippen MR) is 297 cm³/mol. The molecule has 6 heteroatoms. The highest BCUT2D eigenvalue weighted by molar-refractivity contribution is 5.71. The standard InChI is InChI=1S/C63H96O6/c1-4-7-10-13-16-19-22-25-28-30-31-33-35-38-41-44-47-50-53-56-62(65)68-59-60(58-67-61(64)55-52-49-46-43-40-37-34-27-24-21-18-15-12-9-6-3)69-63(66)57-54-51-48-45-42-39-36-32-29-26-23-20-17-14-11-8-5-2/h7-8,10-11,13,16-17,19-22,24-26,28-31,33,35-36,38-39,41,45,48,60H,4-6,9,12,14-15,18,23,27,32,34,37,40,42-44,46-47,49-59H2,1-3H3/b10-7-,11-8-,16-13-,20-17-,22-19-,24-21-,28-25-,29-26-,31-30+,35-33-,39-36-,41-38-,48-45-. The summed E-state index contributed by atoms with van der Waals surface area (Å²) >= 11 is 0. The van der Waals surface area contributed by atoms with Gasteiger partial charge in [0.25, 0.3) is 0 Å². The fraction of sp³-hybridized carbons (Fsp3) is 0.540. The molecule has 0 aliphatic rings. The Morgan fingerprint density at radius 1 is 0.319 bits per heavy atom. The zero-order valence-corrected chi connectivity index (χ0v) is 43.8. The number of esters is 3. The summed E-state index contributed by atoms with van der Waals surface area (Å²) < 4.78 is 16.7. The van der Waals surface area contributed by atoms with E-state index in [4.69, 9.17) is 14.2 Å². The van der Waals surface area contributed by atoms with Gasteiger partial charge in [0.2, 0.25) is 0 Å². The number of allylic oxidation sites excluding steroid dienone is 26. The second-order valence-electron chi connectivity index (χ2n) is 17.2. The minimum absolute atomic E-state index is 0.125. The van der Waals surface area contributed by atoms with Crippen LogP contribution in [0.3, 0.4) is 0 Å². The largest absolute Gasteiger partial charge is 0.462 e.